The largest absolute Gasteiger partial charge is 0.416 e. The van der Waals surface area contributed by atoms with Gasteiger partial charge in [-0.15, -0.1) is 0 Å². The molecule has 2 nitrogen and oxygen atoms in total. The Balaban J connectivity index is 2.63. The van der Waals surface area contributed by atoms with Crippen molar-refractivity contribution in [2.45, 2.75) is 6.18 Å². The number of hydrogen-bond donors (Lipinski definition) is 1. The minimum atomic E-state index is -4.30. The van der Waals surface area contributed by atoms with Crippen molar-refractivity contribution in [3.05, 3.63) is 36.0 Å². The SMILES string of the molecule is Nn1ccc2cc(C(F)(F)F)ccc21. The smallest absolute Gasteiger partial charge is 0.339 e. The van der Waals surface area contributed by atoms with Crippen LogP contribution in [0.5, 0.6) is 0 Å². The van der Waals surface area contributed by atoms with Crippen LogP contribution in [0.4, 0.5) is 13.2 Å². The number of alkyl halides is 3. The first-order valence-corrected chi connectivity index (χ1v) is 3.92. The fraction of sp³-hybridized carbons (Fsp3) is 0.111. The standard InChI is InChI=1S/C9H7F3N2/c10-9(11,12)7-1-2-8-6(5-7)3-4-14(8)13/h1-5H,13H2. The third-order valence-electron chi connectivity index (χ3n) is 2.05. The Morgan fingerprint density at radius 1 is 1.14 bits per heavy atom. The van der Waals surface area contributed by atoms with E-state index in [2.05, 4.69) is 0 Å². The summed E-state index contributed by atoms with van der Waals surface area (Å²) in [5, 5.41) is 0.488. The highest BCUT2D eigenvalue weighted by Crippen LogP contribution is 2.31. The van der Waals surface area contributed by atoms with E-state index in [-0.39, 0.29) is 0 Å². The summed E-state index contributed by atoms with van der Waals surface area (Å²) >= 11 is 0. The van der Waals surface area contributed by atoms with E-state index >= 15 is 0 Å². The van der Waals surface area contributed by atoms with Crippen LogP contribution in [0.3, 0.4) is 0 Å². The normalized spacial score (nSPS) is 12.2. The van der Waals surface area contributed by atoms with Gasteiger partial charge >= 0.3 is 6.18 Å². The Labute approximate surface area is 77.7 Å². The molecule has 0 amide bonds. The van der Waals surface area contributed by atoms with Crippen molar-refractivity contribution >= 4 is 10.9 Å². The Kier molecular flexibility index (Phi) is 1.70. The molecule has 2 N–H and O–H groups in total. The van der Waals surface area contributed by atoms with Gasteiger partial charge in [-0.05, 0) is 24.3 Å². The van der Waals surface area contributed by atoms with E-state index in [9.17, 15) is 13.2 Å². The summed E-state index contributed by atoms with van der Waals surface area (Å²) < 4.78 is 38.1. The molecule has 0 atom stereocenters. The zero-order valence-corrected chi connectivity index (χ0v) is 7.05. The zero-order valence-electron chi connectivity index (χ0n) is 7.05. The molecule has 2 aromatic rings. The third kappa shape index (κ3) is 1.30. The first kappa shape index (κ1) is 8.93. The maximum atomic E-state index is 12.3. The van der Waals surface area contributed by atoms with E-state index in [0.29, 0.717) is 10.9 Å². The Hall–Kier alpha value is -1.65. The number of rotatable bonds is 0. The van der Waals surface area contributed by atoms with Gasteiger partial charge in [0, 0.05) is 11.6 Å². The molecular formula is C9H7F3N2. The highest BCUT2D eigenvalue weighted by Gasteiger charge is 2.30. The second kappa shape index (κ2) is 2.67. The molecule has 2 rings (SSSR count). The van der Waals surface area contributed by atoms with Crippen molar-refractivity contribution in [2.24, 2.45) is 0 Å². The van der Waals surface area contributed by atoms with E-state index in [1.807, 2.05) is 0 Å². The molecule has 0 saturated heterocycles. The van der Waals surface area contributed by atoms with Crippen molar-refractivity contribution < 1.29 is 13.2 Å². The van der Waals surface area contributed by atoms with E-state index in [1.54, 1.807) is 6.07 Å². The molecule has 1 aromatic carbocycles. The molecule has 0 aliphatic carbocycles. The minimum absolute atomic E-state index is 0.488. The Morgan fingerprint density at radius 2 is 1.86 bits per heavy atom. The fourth-order valence-electron chi connectivity index (χ4n) is 1.34. The van der Waals surface area contributed by atoms with E-state index in [1.165, 1.54) is 16.9 Å². The molecule has 0 saturated carbocycles. The highest BCUT2D eigenvalue weighted by atomic mass is 19.4. The van der Waals surface area contributed by atoms with Crippen molar-refractivity contribution in [3.8, 4) is 0 Å². The fourth-order valence-corrected chi connectivity index (χ4v) is 1.34. The van der Waals surface area contributed by atoms with Crippen LogP contribution >= 0.6 is 0 Å². The van der Waals surface area contributed by atoms with Crippen molar-refractivity contribution in [2.75, 3.05) is 5.84 Å². The summed E-state index contributed by atoms with van der Waals surface area (Å²) in [6.07, 6.45) is -2.78. The van der Waals surface area contributed by atoms with E-state index in [4.69, 9.17) is 5.84 Å². The second-order valence-electron chi connectivity index (χ2n) is 2.99. The van der Waals surface area contributed by atoms with Crippen LogP contribution in [0.15, 0.2) is 30.5 Å². The molecule has 0 radical (unpaired) electrons. The molecule has 0 bridgehead atoms. The predicted octanol–water partition coefficient (Wildman–Crippen LogP) is 2.37. The minimum Gasteiger partial charge on any atom is -0.339 e. The number of nitrogen functional groups attached to an aromatic ring is 1. The summed E-state index contributed by atoms with van der Waals surface area (Å²) in [4.78, 5) is 0. The van der Waals surface area contributed by atoms with Crippen molar-refractivity contribution in [1.82, 2.24) is 4.68 Å². The Bertz CT molecular complexity index is 470. The van der Waals surface area contributed by atoms with Gasteiger partial charge in [-0.3, -0.25) is 4.68 Å². The van der Waals surface area contributed by atoms with Crippen LogP contribution in [0.25, 0.3) is 10.9 Å². The van der Waals surface area contributed by atoms with Crippen LogP contribution in [-0.4, -0.2) is 4.68 Å². The third-order valence-corrected chi connectivity index (χ3v) is 2.05. The average Bonchev–Trinajstić information content (AvgIpc) is 2.46. The molecule has 0 aliphatic heterocycles. The number of aromatic nitrogens is 1. The van der Waals surface area contributed by atoms with Crippen molar-refractivity contribution in [1.29, 1.82) is 0 Å². The first-order valence-electron chi connectivity index (χ1n) is 3.92. The van der Waals surface area contributed by atoms with E-state index in [0.717, 1.165) is 12.1 Å². The molecule has 14 heavy (non-hydrogen) atoms. The number of nitrogens with two attached hydrogens (primary N) is 1. The molecule has 0 unspecified atom stereocenters. The zero-order chi connectivity index (χ0) is 10.3. The van der Waals surface area contributed by atoms with Gasteiger partial charge in [0.25, 0.3) is 0 Å². The van der Waals surface area contributed by atoms with Crippen LogP contribution in [0.2, 0.25) is 0 Å². The van der Waals surface area contributed by atoms with Gasteiger partial charge in [-0.2, -0.15) is 13.2 Å². The highest BCUT2D eigenvalue weighted by molar-refractivity contribution is 5.81. The molecule has 1 heterocycles. The maximum absolute atomic E-state index is 12.3. The van der Waals surface area contributed by atoms with Crippen LogP contribution in [-0.2, 0) is 6.18 Å². The van der Waals surface area contributed by atoms with Gasteiger partial charge in [0.2, 0.25) is 0 Å². The summed E-state index contributed by atoms with van der Waals surface area (Å²) in [5.41, 5.74) is -0.0748. The van der Waals surface area contributed by atoms with Gasteiger partial charge in [0.15, 0.2) is 0 Å². The molecule has 0 aliphatic rings. The summed E-state index contributed by atoms with van der Waals surface area (Å²) in [7, 11) is 0. The van der Waals surface area contributed by atoms with Gasteiger partial charge in [0.1, 0.15) is 0 Å². The van der Waals surface area contributed by atoms with Gasteiger partial charge in [-0.1, -0.05) is 0 Å². The lowest BCUT2D eigenvalue weighted by atomic mass is 10.1. The van der Waals surface area contributed by atoms with E-state index < -0.39 is 11.7 Å². The molecule has 1 aromatic heterocycles. The second-order valence-corrected chi connectivity index (χ2v) is 2.99. The summed E-state index contributed by atoms with van der Waals surface area (Å²) in [6, 6.07) is 5.01. The van der Waals surface area contributed by atoms with Gasteiger partial charge in [-0.25, -0.2) is 0 Å². The summed E-state index contributed by atoms with van der Waals surface area (Å²) in [6.45, 7) is 0. The molecule has 0 fully saturated rings. The van der Waals surface area contributed by atoms with Crippen molar-refractivity contribution in [3.63, 3.8) is 0 Å². The molecule has 0 spiro atoms. The number of halogens is 3. The molecule has 74 valence electrons. The first-order chi connectivity index (χ1) is 6.48. The van der Waals surface area contributed by atoms with Gasteiger partial charge in [0.05, 0.1) is 11.1 Å². The van der Waals surface area contributed by atoms with Crippen LogP contribution in [0.1, 0.15) is 5.56 Å². The maximum Gasteiger partial charge on any atom is 0.416 e. The molecular weight excluding hydrogens is 193 g/mol. The number of benzene rings is 1. The predicted molar refractivity (Wildman–Crippen MR) is 47.1 cm³/mol. The lowest BCUT2D eigenvalue weighted by molar-refractivity contribution is -0.137. The average molecular weight is 200 g/mol. The number of nitrogens with zero attached hydrogens (tertiary/aromatic N) is 1. The van der Waals surface area contributed by atoms with Crippen LogP contribution in [0, 0.1) is 0 Å². The lowest BCUT2D eigenvalue weighted by Crippen LogP contribution is -2.06. The van der Waals surface area contributed by atoms with Crippen LogP contribution < -0.4 is 5.84 Å². The topological polar surface area (TPSA) is 30.9 Å². The summed E-state index contributed by atoms with van der Waals surface area (Å²) in [5.74, 6) is 5.47. The van der Waals surface area contributed by atoms with Gasteiger partial charge < -0.3 is 5.84 Å². The quantitative estimate of drug-likeness (QED) is 0.650. The number of hydrogen-bond acceptors (Lipinski definition) is 1. The molecule has 5 heteroatoms. The Morgan fingerprint density at radius 3 is 2.50 bits per heavy atom. The number of fused-ring (bicyclic) bond motifs is 1. The monoisotopic (exact) mass is 200 g/mol. The lowest BCUT2D eigenvalue weighted by Gasteiger charge is -2.06.